The maximum atomic E-state index is 12.3. The number of carbonyl (C=O) groups excluding carboxylic acids is 1. The molecule has 0 aliphatic heterocycles. The number of nitrogens with zero attached hydrogens (tertiary/aromatic N) is 2. The maximum Gasteiger partial charge on any atom is 0.267 e. The first kappa shape index (κ1) is 17.4. The number of rotatable bonds is 6. The van der Waals surface area contributed by atoms with E-state index < -0.39 is 0 Å². The second kappa shape index (κ2) is 7.64. The average Bonchev–Trinajstić information content (AvgIpc) is 3.06. The Morgan fingerprint density at radius 3 is 2.60 bits per heavy atom. The molecule has 1 aromatic carbocycles. The summed E-state index contributed by atoms with van der Waals surface area (Å²) in [6.07, 6.45) is 5.66. The van der Waals surface area contributed by atoms with Crippen molar-refractivity contribution in [3.05, 3.63) is 64.1 Å². The molecule has 1 N–H and O–H groups in total. The molecule has 5 heteroatoms. The fraction of sp³-hybridized carbons (Fsp3) is 0.450. The van der Waals surface area contributed by atoms with Crippen LogP contribution in [0.4, 0.5) is 0 Å². The molecule has 3 rings (SSSR count). The van der Waals surface area contributed by atoms with Gasteiger partial charge in [-0.25, -0.2) is 4.68 Å². The van der Waals surface area contributed by atoms with Crippen molar-refractivity contribution < 1.29 is 4.79 Å². The van der Waals surface area contributed by atoms with Crippen LogP contribution in [-0.2, 0) is 17.8 Å². The minimum Gasteiger partial charge on any atom is -0.354 e. The molecule has 1 aromatic heterocycles. The van der Waals surface area contributed by atoms with Crippen LogP contribution in [0.3, 0.4) is 0 Å². The van der Waals surface area contributed by atoms with Crippen molar-refractivity contribution in [3.63, 3.8) is 0 Å². The zero-order chi connectivity index (χ0) is 17.7. The first-order valence-corrected chi connectivity index (χ1v) is 8.92. The van der Waals surface area contributed by atoms with E-state index in [0.29, 0.717) is 6.54 Å². The molecule has 0 radical (unpaired) electrons. The van der Waals surface area contributed by atoms with E-state index in [9.17, 15) is 9.59 Å². The highest BCUT2D eigenvalue weighted by molar-refractivity contribution is 5.75. The highest BCUT2D eigenvalue weighted by Gasteiger charge is 2.34. The van der Waals surface area contributed by atoms with Gasteiger partial charge in [-0.1, -0.05) is 43.2 Å². The number of carbonyl (C=O) groups is 1. The normalized spacial score (nSPS) is 15.9. The molecule has 1 aliphatic carbocycles. The minimum absolute atomic E-state index is 0.0259. The quantitative estimate of drug-likeness (QED) is 0.879. The van der Waals surface area contributed by atoms with Gasteiger partial charge in [0.25, 0.3) is 5.56 Å². The summed E-state index contributed by atoms with van der Waals surface area (Å²) in [7, 11) is 0. The van der Waals surface area contributed by atoms with Crippen LogP contribution in [0.25, 0.3) is 0 Å². The first-order valence-electron chi connectivity index (χ1n) is 8.92. The van der Waals surface area contributed by atoms with Crippen LogP contribution >= 0.6 is 0 Å². The molecule has 5 nitrogen and oxygen atoms in total. The van der Waals surface area contributed by atoms with Crippen LogP contribution in [0, 0.1) is 12.3 Å². The SMILES string of the molecule is Cc1ccc(=O)n(CC(=O)NCC2(Cc3ccccc3)CCCC2)n1. The standard InChI is InChI=1S/C20H25N3O2/c1-16-9-10-19(25)23(22-16)14-18(24)21-15-20(11-5-6-12-20)13-17-7-3-2-4-8-17/h2-4,7-10H,5-6,11-15H2,1H3,(H,21,24). The van der Waals surface area contributed by atoms with Gasteiger partial charge in [0.15, 0.2) is 0 Å². The topological polar surface area (TPSA) is 64.0 Å². The summed E-state index contributed by atoms with van der Waals surface area (Å²) in [5.41, 5.74) is 1.92. The Labute approximate surface area is 148 Å². The van der Waals surface area contributed by atoms with Gasteiger partial charge in [-0.2, -0.15) is 5.10 Å². The van der Waals surface area contributed by atoms with E-state index >= 15 is 0 Å². The molecule has 1 fully saturated rings. The van der Waals surface area contributed by atoms with Crippen molar-refractivity contribution >= 4 is 5.91 Å². The zero-order valence-corrected chi connectivity index (χ0v) is 14.7. The maximum absolute atomic E-state index is 12.3. The van der Waals surface area contributed by atoms with Gasteiger partial charge in [0.1, 0.15) is 6.54 Å². The number of aryl methyl sites for hydroxylation is 1. The summed E-state index contributed by atoms with van der Waals surface area (Å²) < 4.78 is 1.23. The smallest absolute Gasteiger partial charge is 0.267 e. The van der Waals surface area contributed by atoms with Crippen molar-refractivity contribution in [2.45, 2.75) is 45.6 Å². The molecular formula is C20H25N3O2. The Morgan fingerprint density at radius 1 is 1.16 bits per heavy atom. The third-order valence-corrected chi connectivity index (χ3v) is 5.04. The predicted octanol–water partition coefficient (Wildman–Crippen LogP) is 2.47. The molecule has 2 aromatic rings. The highest BCUT2D eigenvalue weighted by Crippen LogP contribution is 2.40. The number of aromatic nitrogens is 2. The zero-order valence-electron chi connectivity index (χ0n) is 14.7. The van der Waals surface area contributed by atoms with Gasteiger partial charge in [0.05, 0.1) is 5.69 Å². The number of hydrogen-bond acceptors (Lipinski definition) is 3. The second-order valence-corrected chi connectivity index (χ2v) is 7.12. The largest absolute Gasteiger partial charge is 0.354 e. The van der Waals surface area contributed by atoms with Gasteiger partial charge in [0.2, 0.25) is 5.91 Å². The summed E-state index contributed by atoms with van der Waals surface area (Å²) in [5.74, 6) is -0.153. The summed E-state index contributed by atoms with van der Waals surface area (Å²) in [6.45, 7) is 2.43. The lowest BCUT2D eigenvalue weighted by atomic mass is 9.80. The van der Waals surface area contributed by atoms with E-state index in [1.807, 2.05) is 6.07 Å². The van der Waals surface area contributed by atoms with Crippen molar-refractivity contribution in [2.75, 3.05) is 6.54 Å². The number of amides is 1. The Hall–Kier alpha value is -2.43. The van der Waals surface area contributed by atoms with Crippen molar-refractivity contribution in [3.8, 4) is 0 Å². The van der Waals surface area contributed by atoms with Crippen LogP contribution in [0.15, 0.2) is 47.3 Å². The summed E-state index contributed by atoms with van der Waals surface area (Å²) in [4.78, 5) is 24.1. The lowest BCUT2D eigenvalue weighted by molar-refractivity contribution is -0.122. The van der Waals surface area contributed by atoms with Crippen LogP contribution in [-0.4, -0.2) is 22.2 Å². The van der Waals surface area contributed by atoms with Gasteiger partial charge in [-0.3, -0.25) is 9.59 Å². The number of hydrogen-bond donors (Lipinski definition) is 1. The van der Waals surface area contributed by atoms with Gasteiger partial charge in [-0.05, 0) is 43.2 Å². The average molecular weight is 339 g/mol. The summed E-state index contributed by atoms with van der Waals surface area (Å²) in [5, 5.41) is 7.16. The molecule has 1 saturated carbocycles. The lowest BCUT2D eigenvalue weighted by Gasteiger charge is -2.29. The molecular weight excluding hydrogens is 314 g/mol. The number of benzene rings is 1. The Kier molecular flexibility index (Phi) is 5.31. The van der Waals surface area contributed by atoms with E-state index in [2.05, 4.69) is 34.7 Å². The van der Waals surface area contributed by atoms with Crippen molar-refractivity contribution in [1.82, 2.24) is 15.1 Å². The Morgan fingerprint density at radius 2 is 1.88 bits per heavy atom. The molecule has 1 aliphatic rings. The van der Waals surface area contributed by atoms with E-state index in [0.717, 1.165) is 25.0 Å². The van der Waals surface area contributed by atoms with E-state index in [-0.39, 0.29) is 23.4 Å². The van der Waals surface area contributed by atoms with E-state index in [1.165, 1.54) is 29.2 Å². The Bertz CT molecular complexity index is 777. The molecule has 0 spiro atoms. The number of nitrogens with one attached hydrogen (secondary N) is 1. The molecule has 0 atom stereocenters. The Balaban J connectivity index is 1.62. The molecule has 0 unspecified atom stereocenters. The molecule has 1 heterocycles. The second-order valence-electron chi connectivity index (χ2n) is 7.12. The fourth-order valence-corrected chi connectivity index (χ4v) is 3.71. The molecule has 1 amide bonds. The van der Waals surface area contributed by atoms with Gasteiger partial charge >= 0.3 is 0 Å². The molecule has 132 valence electrons. The van der Waals surface area contributed by atoms with Crippen LogP contribution in [0.2, 0.25) is 0 Å². The predicted molar refractivity (Wildman–Crippen MR) is 97.3 cm³/mol. The summed E-state index contributed by atoms with van der Waals surface area (Å²) >= 11 is 0. The minimum atomic E-state index is -0.249. The van der Waals surface area contributed by atoms with Crippen molar-refractivity contribution in [1.29, 1.82) is 0 Å². The summed E-state index contributed by atoms with van der Waals surface area (Å²) in [6, 6.07) is 13.6. The lowest BCUT2D eigenvalue weighted by Crippen LogP contribution is -2.40. The van der Waals surface area contributed by atoms with Crippen LogP contribution in [0.1, 0.15) is 36.9 Å². The fourth-order valence-electron chi connectivity index (χ4n) is 3.71. The molecule has 25 heavy (non-hydrogen) atoms. The van der Waals surface area contributed by atoms with Crippen molar-refractivity contribution in [2.24, 2.45) is 5.41 Å². The third-order valence-electron chi connectivity index (χ3n) is 5.04. The third kappa shape index (κ3) is 4.56. The van der Waals surface area contributed by atoms with E-state index in [4.69, 9.17) is 0 Å². The van der Waals surface area contributed by atoms with Gasteiger partial charge < -0.3 is 5.32 Å². The first-order chi connectivity index (χ1) is 12.1. The molecule has 0 saturated heterocycles. The van der Waals surface area contributed by atoms with Crippen LogP contribution in [0.5, 0.6) is 0 Å². The monoisotopic (exact) mass is 339 g/mol. The van der Waals surface area contributed by atoms with Gasteiger partial charge in [0, 0.05) is 12.6 Å². The van der Waals surface area contributed by atoms with E-state index in [1.54, 1.807) is 13.0 Å². The highest BCUT2D eigenvalue weighted by atomic mass is 16.2. The molecule has 0 bridgehead atoms. The van der Waals surface area contributed by atoms with Crippen LogP contribution < -0.4 is 10.9 Å². The van der Waals surface area contributed by atoms with Gasteiger partial charge in [-0.15, -0.1) is 0 Å².